The Morgan fingerprint density at radius 3 is 2.55 bits per heavy atom. The van der Waals surface area contributed by atoms with Crippen LogP contribution in [0.3, 0.4) is 0 Å². The molecular formula is C17H19NO2. The van der Waals surface area contributed by atoms with E-state index in [1.807, 2.05) is 24.3 Å². The van der Waals surface area contributed by atoms with Gasteiger partial charge >= 0.3 is 0 Å². The number of nitrogens with zero attached hydrogens (tertiary/aromatic N) is 1. The first kappa shape index (κ1) is 14.1. The summed E-state index contributed by atoms with van der Waals surface area (Å²) >= 11 is 0. The van der Waals surface area contributed by atoms with E-state index in [9.17, 15) is 9.90 Å². The van der Waals surface area contributed by atoms with Crippen LogP contribution in [-0.2, 0) is 11.2 Å². The Bertz CT molecular complexity index is 566. The number of aromatic hydroxyl groups is 1. The van der Waals surface area contributed by atoms with Crippen molar-refractivity contribution in [3.8, 4) is 5.75 Å². The average Bonchev–Trinajstić information content (AvgIpc) is 2.47. The second kappa shape index (κ2) is 6.75. The summed E-state index contributed by atoms with van der Waals surface area (Å²) in [5, 5.41) is 9.43. The van der Waals surface area contributed by atoms with Crippen LogP contribution >= 0.6 is 0 Å². The molecule has 0 aliphatic heterocycles. The van der Waals surface area contributed by atoms with Crippen molar-refractivity contribution in [1.29, 1.82) is 0 Å². The van der Waals surface area contributed by atoms with Crippen molar-refractivity contribution >= 4 is 11.6 Å². The van der Waals surface area contributed by atoms with Gasteiger partial charge < -0.3 is 10.0 Å². The summed E-state index contributed by atoms with van der Waals surface area (Å²) in [4.78, 5) is 13.7. The van der Waals surface area contributed by atoms with Crippen molar-refractivity contribution < 1.29 is 9.90 Å². The van der Waals surface area contributed by atoms with E-state index >= 15 is 0 Å². The molecule has 20 heavy (non-hydrogen) atoms. The fraction of sp³-hybridized carbons (Fsp3) is 0.235. The molecule has 0 unspecified atom stereocenters. The Morgan fingerprint density at radius 1 is 1.10 bits per heavy atom. The number of amides is 1. The Balaban J connectivity index is 1.85. The zero-order valence-corrected chi connectivity index (χ0v) is 11.6. The van der Waals surface area contributed by atoms with Gasteiger partial charge in [-0.25, -0.2) is 0 Å². The summed E-state index contributed by atoms with van der Waals surface area (Å²) in [6.45, 7) is 0. The van der Waals surface area contributed by atoms with Crippen molar-refractivity contribution in [3.05, 3.63) is 60.2 Å². The van der Waals surface area contributed by atoms with Gasteiger partial charge in [-0.15, -0.1) is 0 Å². The van der Waals surface area contributed by atoms with Crippen LogP contribution in [0.25, 0.3) is 0 Å². The maximum atomic E-state index is 12.1. The number of carbonyl (C=O) groups is 1. The maximum absolute atomic E-state index is 12.1. The van der Waals surface area contributed by atoms with Crippen molar-refractivity contribution in [2.24, 2.45) is 0 Å². The number of hydrogen-bond donors (Lipinski definition) is 1. The summed E-state index contributed by atoms with van der Waals surface area (Å²) in [6.07, 6.45) is 2.23. The molecule has 0 radical (unpaired) electrons. The third kappa shape index (κ3) is 3.85. The number of phenols is 1. The predicted octanol–water partition coefficient (Wildman–Crippen LogP) is 3.38. The highest BCUT2D eigenvalue weighted by Gasteiger charge is 2.10. The molecule has 0 saturated heterocycles. The molecule has 0 spiro atoms. The van der Waals surface area contributed by atoms with Crippen molar-refractivity contribution in [1.82, 2.24) is 0 Å². The molecule has 2 aromatic carbocycles. The first-order valence-corrected chi connectivity index (χ1v) is 6.76. The minimum absolute atomic E-state index is 0.0616. The molecule has 0 aliphatic carbocycles. The van der Waals surface area contributed by atoms with Gasteiger partial charge in [0, 0.05) is 25.2 Å². The molecule has 0 aromatic heterocycles. The monoisotopic (exact) mass is 269 g/mol. The van der Waals surface area contributed by atoms with Crippen LogP contribution < -0.4 is 4.90 Å². The Labute approximate surface area is 119 Å². The van der Waals surface area contributed by atoms with Crippen molar-refractivity contribution in [2.45, 2.75) is 19.3 Å². The fourth-order valence-electron chi connectivity index (χ4n) is 2.10. The highest BCUT2D eigenvalue weighted by molar-refractivity contribution is 5.92. The van der Waals surface area contributed by atoms with E-state index in [2.05, 4.69) is 12.1 Å². The van der Waals surface area contributed by atoms with Gasteiger partial charge in [0.15, 0.2) is 0 Å². The van der Waals surface area contributed by atoms with Crippen LogP contribution in [0.1, 0.15) is 18.4 Å². The van der Waals surface area contributed by atoms with Gasteiger partial charge in [0.2, 0.25) is 5.91 Å². The van der Waals surface area contributed by atoms with Gasteiger partial charge in [0.1, 0.15) is 5.75 Å². The summed E-state index contributed by atoms with van der Waals surface area (Å²) in [6, 6.07) is 16.9. The summed E-state index contributed by atoms with van der Waals surface area (Å²) in [5.74, 6) is 0.234. The molecule has 0 bridgehead atoms. The molecular weight excluding hydrogens is 250 g/mol. The molecule has 0 saturated carbocycles. The van der Waals surface area contributed by atoms with E-state index in [-0.39, 0.29) is 11.7 Å². The largest absolute Gasteiger partial charge is 0.508 e. The van der Waals surface area contributed by atoms with Crippen LogP contribution in [-0.4, -0.2) is 18.1 Å². The van der Waals surface area contributed by atoms with Gasteiger partial charge in [0.25, 0.3) is 0 Å². The lowest BCUT2D eigenvalue weighted by atomic mass is 10.1. The van der Waals surface area contributed by atoms with Crippen molar-refractivity contribution in [2.75, 3.05) is 11.9 Å². The van der Waals surface area contributed by atoms with Gasteiger partial charge in [0.05, 0.1) is 0 Å². The molecule has 0 atom stereocenters. The number of carbonyl (C=O) groups excluding carboxylic acids is 1. The summed E-state index contributed by atoms with van der Waals surface area (Å²) < 4.78 is 0. The molecule has 3 nitrogen and oxygen atoms in total. The minimum Gasteiger partial charge on any atom is -0.508 e. The molecule has 1 amide bonds. The quantitative estimate of drug-likeness (QED) is 0.904. The first-order chi connectivity index (χ1) is 9.66. The summed E-state index contributed by atoms with van der Waals surface area (Å²) in [5.41, 5.74) is 1.97. The van der Waals surface area contributed by atoms with E-state index in [1.165, 1.54) is 5.56 Å². The standard InChI is InChI=1S/C17H19NO2/c1-18(15-10-6-11-16(19)13-15)17(20)12-5-9-14-7-3-2-4-8-14/h2-4,6-8,10-11,13,19H,5,9,12H2,1H3. The normalized spacial score (nSPS) is 10.2. The number of rotatable bonds is 5. The van der Waals surface area contributed by atoms with Gasteiger partial charge in [-0.05, 0) is 30.5 Å². The molecule has 3 heteroatoms. The van der Waals surface area contributed by atoms with Gasteiger partial charge in [-0.3, -0.25) is 4.79 Å². The van der Waals surface area contributed by atoms with Crippen LogP contribution in [0.5, 0.6) is 5.75 Å². The Hall–Kier alpha value is -2.29. The lowest BCUT2D eigenvalue weighted by molar-refractivity contribution is -0.118. The molecule has 0 heterocycles. The van der Waals surface area contributed by atoms with E-state index in [0.29, 0.717) is 6.42 Å². The van der Waals surface area contributed by atoms with E-state index in [0.717, 1.165) is 18.5 Å². The molecule has 0 fully saturated rings. The lowest BCUT2D eigenvalue weighted by Crippen LogP contribution is -2.25. The molecule has 2 rings (SSSR count). The van der Waals surface area contributed by atoms with E-state index in [4.69, 9.17) is 0 Å². The lowest BCUT2D eigenvalue weighted by Gasteiger charge is -2.17. The Kier molecular flexibility index (Phi) is 4.77. The second-order valence-electron chi connectivity index (χ2n) is 4.81. The molecule has 104 valence electrons. The third-order valence-electron chi connectivity index (χ3n) is 3.29. The smallest absolute Gasteiger partial charge is 0.226 e. The van der Waals surface area contributed by atoms with Crippen LogP contribution in [0.4, 0.5) is 5.69 Å². The van der Waals surface area contributed by atoms with E-state index < -0.39 is 0 Å². The predicted molar refractivity (Wildman–Crippen MR) is 80.9 cm³/mol. The SMILES string of the molecule is CN(C(=O)CCCc1ccccc1)c1cccc(O)c1. The zero-order valence-electron chi connectivity index (χ0n) is 11.6. The number of hydrogen-bond acceptors (Lipinski definition) is 2. The number of aryl methyl sites for hydroxylation is 1. The summed E-state index contributed by atoms with van der Waals surface area (Å²) in [7, 11) is 1.74. The van der Waals surface area contributed by atoms with Crippen LogP contribution in [0.2, 0.25) is 0 Å². The van der Waals surface area contributed by atoms with Crippen molar-refractivity contribution in [3.63, 3.8) is 0 Å². The van der Waals surface area contributed by atoms with Crippen LogP contribution in [0.15, 0.2) is 54.6 Å². The molecule has 0 aliphatic rings. The zero-order chi connectivity index (χ0) is 14.4. The van der Waals surface area contributed by atoms with Gasteiger partial charge in [-0.2, -0.15) is 0 Å². The fourth-order valence-corrected chi connectivity index (χ4v) is 2.10. The third-order valence-corrected chi connectivity index (χ3v) is 3.29. The topological polar surface area (TPSA) is 40.5 Å². The minimum atomic E-state index is 0.0616. The highest BCUT2D eigenvalue weighted by atomic mass is 16.3. The number of benzene rings is 2. The first-order valence-electron chi connectivity index (χ1n) is 6.76. The highest BCUT2D eigenvalue weighted by Crippen LogP contribution is 2.19. The van der Waals surface area contributed by atoms with E-state index in [1.54, 1.807) is 30.1 Å². The van der Waals surface area contributed by atoms with Gasteiger partial charge in [-0.1, -0.05) is 36.4 Å². The molecule has 1 N–H and O–H groups in total. The molecule has 2 aromatic rings. The van der Waals surface area contributed by atoms with Crippen LogP contribution in [0, 0.1) is 0 Å². The second-order valence-corrected chi connectivity index (χ2v) is 4.81. The number of anilines is 1. The average molecular weight is 269 g/mol. The maximum Gasteiger partial charge on any atom is 0.226 e. The number of phenolic OH excluding ortho intramolecular Hbond substituents is 1. The Morgan fingerprint density at radius 2 is 1.85 bits per heavy atom.